The molecular weight excluding hydrogens is 358 g/mol. The Morgan fingerprint density at radius 1 is 1.09 bits per heavy atom. The maximum Gasteiger partial charge on any atom is 0.296 e. The van der Waals surface area contributed by atoms with Crippen LogP contribution in [0.3, 0.4) is 0 Å². The van der Waals surface area contributed by atoms with E-state index in [2.05, 4.69) is 36.2 Å². The van der Waals surface area contributed by atoms with Gasteiger partial charge in [0.05, 0.1) is 6.21 Å². The van der Waals surface area contributed by atoms with E-state index in [1.54, 1.807) is 37.7 Å². The van der Waals surface area contributed by atoms with E-state index in [1.165, 1.54) is 4.68 Å². The average Bonchev–Trinajstić information content (AvgIpc) is 2.58. The number of hydrogen-bond acceptors (Lipinski definition) is 5. The summed E-state index contributed by atoms with van der Waals surface area (Å²) in [6.45, 7) is 1.61. The van der Waals surface area contributed by atoms with Crippen molar-refractivity contribution >= 4 is 22.1 Å². The van der Waals surface area contributed by atoms with Crippen LogP contribution in [-0.4, -0.2) is 26.1 Å². The molecule has 0 aliphatic heterocycles. The Hall–Kier alpha value is -2.67. The fraction of sp³-hybridized carbons (Fsp3) is 0.0625. The Labute approximate surface area is 140 Å². The van der Waals surface area contributed by atoms with Gasteiger partial charge in [-0.1, -0.05) is 28.1 Å². The fourth-order valence-corrected chi connectivity index (χ4v) is 2.18. The summed E-state index contributed by atoms with van der Waals surface area (Å²) in [5.41, 5.74) is 1.57. The molecule has 3 aromatic rings. The second kappa shape index (κ2) is 6.62. The van der Waals surface area contributed by atoms with Crippen molar-refractivity contribution < 1.29 is 0 Å². The van der Waals surface area contributed by atoms with Crippen LogP contribution in [0.15, 0.2) is 63.2 Å². The van der Waals surface area contributed by atoms with Crippen molar-refractivity contribution in [3.63, 3.8) is 0 Å². The second-order valence-electron chi connectivity index (χ2n) is 4.76. The minimum absolute atomic E-state index is 0.288. The molecule has 0 unspecified atom stereocenters. The molecule has 0 fully saturated rings. The average molecular weight is 370 g/mol. The molecule has 3 rings (SSSR count). The summed E-state index contributed by atoms with van der Waals surface area (Å²) < 4.78 is 2.23. The topological polar surface area (TPSA) is 73.0 Å². The molecule has 0 saturated carbocycles. The molecule has 23 heavy (non-hydrogen) atoms. The van der Waals surface area contributed by atoms with E-state index in [0.717, 1.165) is 15.6 Å². The van der Waals surface area contributed by atoms with Gasteiger partial charge in [0.15, 0.2) is 5.82 Å². The van der Waals surface area contributed by atoms with E-state index >= 15 is 0 Å². The van der Waals surface area contributed by atoms with E-state index in [9.17, 15) is 4.79 Å². The molecule has 0 saturated heterocycles. The predicted molar refractivity (Wildman–Crippen MR) is 91.4 cm³/mol. The van der Waals surface area contributed by atoms with Gasteiger partial charge in [-0.25, -0.2) is 0 Å². The summed E-state index contributed by atoms with van der Waals surface area (Å²) in [6, 6.07) is 11.1. The third kappa shape index (κ3) is 3.40. The van der Waals surface area contributed by atoms with E-state index in [0.29, 0.717) is 5.82 Å². The van der Waals surface area contributed by atoms with Crippen molar-refractivity contribution in [1.82, 2.24) is 19.9 Å². The van der Waals surface area contributed by atoms with E-state index in [4.69, 9.17) is 0 Å². The summed E-state index contributed by atoms with van der Waals surface area (Å²) in [4.78, 5) is 16.3. The highest BCUT2D eigenvalue weighted by atomic mass is 79.9. The Balaban J connectivity index is 2.09. The Kier molecular flexibility index (Phi) is 4.38. The standard InChI is InChI=1S/C16H12BrN5O/c1-11-16(23)22(19-10-12-2-4-14(17)5-3-12)15(21-20-11)13-6-8-18-9-7-13/h2-10H,1H3/b19-10+. The van der Waals surface area contributed by atoms with Crippen LogP contribution >= 0.6 is 15.9 Å². The third-order valence-electron chi connectivity index (χ3n) is 3.13. The molecule has 1 aromatic carbocycles. The quantitative estimate of drug-likeness (QED) is 0.665. The lowest BCUT2D eigenvalue weighted by atomic mass is 10.2. The van der Waals surface area contributed by atoms with Crippen molar-refractivity contribution in [1.29, 1.82) is 0 Å². The van der Waals surface area contributed by atoms with Crippen LogP contribution in [-0.2, 0) is 0 Å². The maximum atomic E-state index is 12.4. The first-order valence-corrected chi connectivity index (χ1v) is 7.61. The molecule has 0 N–H and O–H groups in total. The van der Waals surface area contributed by atoms with Crippen LogP contribution in [0.25, 0.3) is 11.4 Å². The van der Waals surface area contributed by atoms with Gasteiger partial charge in [-0.05, 0) is 36.8 Å². The van der Waals surface area contributed by atoms with Crippen LogP contribution in [0.4, 0.5) is 0 Å². The second-order valence-corrected chi connectivity index (χ2v) is 5.67. The number of aryl methyl sites for hydroxylation is 1. The zero-order valence-corrected chi connectivity index (χ0v) is 13.8. The molecule has 0 bridgehead atoms. The Bertz CT molecular complexity index is 904. The molecule has 7 heteroatoms. The summed E-state index contributed by atoms with van der Waals surface area (Å²) in [7, 11) is 0. The third-order valence-corrected chi connectivity index (χ3v) is 3.66. The minimum Gasteiger partial charge on any atom is -0.265 e. The number of nitrogens with zero attached hydrogens (tertiary/aromatic N) is 5. The molecule has 114 valence electrons. The first-order chi connectivity index (χ1) is 11.1. The van der Waals surface area contributed by atoms with Gasteiger partial charge < -0.3 is 0 Å². The highest BCUT2D eigenvalue weighted by Gasteiger charge is 2.10. The van der Waals surface area contributed by atoms with Gasteiger partial charge in [0.1, 0.15) is 5.69 Å². The van der Waals surface area contributed by atoms with Crippen molar-refractivity contribution in [3.05, 3.63) is 74.9 Å². The zero-order valence-electron chi connectivity index (χ0n) is 12.2. The van der Waals surface area contributed by atoms with Crippen LogP contribution in [0.2, 0.25) is 0 Å². The van der Waals surface area contributed by atoms with E-state index < -0.39 is 0 Å². The van der Waals surface area contributed by atoms with Crippen molar-refractivity contribution in [2.75, 3.05) is 0 Å². The molecule has 0 spiro atoms. The zero-order chi connectivity index (χ0) is 16.2. The number of benzene rings is 1. The number of aromatic nitrogens is 4. The lowest BCUT2D eigenvalue weighted by molar-refractivity contribution is 0.750. The van der Waals surface area contributed by atoms with Gasteiger partial charge in [-0.2, -0.15) is 9.78 Å². The molecule has 0 atom stereocenters. The summed E-state index contributed by atoms with van der Waals surface area (Å²) >= 11 is 3.38. The Morgan fingerprint density at radius 3 is 2.48 bits per heavy atom. The lowest BCUT2D eigenvalue weighted by Gasteiger charge is -2.06. The van der Waals surface area contributed by atoms with Crippen molar-refractivity contribution in [2.45, 2.75) is 6.92 Å². The van der Waals surface area contributed by atoms with Gasteiger partial charge in [0.25, 0.3) is 5.56 Å². The van der Waals surface area contributed by atoms with E-state index in [-0.39, 0.29) is 11.3 Å². The van der Waals surface area contributed by atoms with Gasteiger partial charge in [-0.3, -0.25) is 9.78 Å². The largest absolute Gasteiger partial charge is 0.296 e. The molecule has 0 amide bonds. The monoisotopic (exact) mass is 369 g/mol. The number of rotatable bonds is 3. The lowest BCUT2D eigenvalue weighted by Crippen LogP contribution is -2.24. The SMILES string of the molecule is Cc1nnc(-c2ccncc2)n(/N=C/c2ccc(Br)cc2)c1=O. The minimum atomic E-state index is -0.305. The smallest absolute Gasteiger partial charge is 0.265 e. The highest BCUT2D eigenvalue weighted by Crippen LogP contribution is 2.13. The first-order valence-electron chi connectivity index (χ1n) is 6.82. The van der Waals surface area contributed by atoms with Gasteiger partial charge in [0.2, 0.25) is 0 Å². The molecule has 0 aliphatic carbocycles. The van der Waals surface area contributed by atoms with Crippen LogP contribution < -0.4 is 5.56 Å². The predicted octanol–water partition coefficient (Wildman–Crippen LogP) is 2.65. The fourth-order valence-electron chi connectivity index (χ4n) is 1.92. The van der Waals surface area contributed by atoms with Crippen molar-refractivity contribution in [2.24, 2.45) is 5.10 Å². The van der Waals surface area contributed by atoms with Gasteiger partial charge in [0, 0.05) is 22.4 Å². The summed E-state index contributed by atoms with van der Waals surface area (Å²) in [5.74, 6) is 0.372. The molecule has 2 aromatic heterocycles. The summed E-state index contributed by atoms with van der Waals surface area (Å²) in [6.07, 6.45) is 4.87. The van der Waals surface area contributed by atoms with Crippen LogP contribution in [0.5, 0.6) is 0 Å². The molecule has 0 radical (unpaired) electrons. The van der Waals surface area contributed by atoms with Crippen molar-refractivity contribution in [3.8, 4) is 11.4 Å². The first kappa shape index (κ1) is 15.2. The van der Waals surface area contributed by atoms with Gasteiger partial charge >= 0.3 is 0 Å². The molecule has 6 nitrogen and oxygen atoms in total. The van der Waals surface area contributed by atoms with Crippen LogP contribution in [0.1, 0.15) is 11.3 Å². The normalized spacial score (nSPS) is 11.0. The number of halogens is 1. The van der Waals surface area contributed by atoms with Crippen LogP contribution in [0, 0.1) is 6.92 Å². The number of hydrogen-bond donors (Lipinski definition) is 0. The van der Waals surface area contributed by atoms with Gasteiger partial charge in [-0.15, -0.1) is 10.2 Å². The highest BCUT2D eigenvalue weighted by molar-refractivity contribution is 9.10. The number of pyridine rings is 1. The Morgan fingerprint density at radius 2 is 1.78 bits per heavy atom. The molecular formula is C16H12BrN5O. The van der Waals surface area contributed by atoms with E-state index in [1.807, 2.05) is 24.3 Å². The molecule has 0 aliphatic rings. The summed E-state index contributed by atoms with van der Waals surface area (Å²) in [5, 5.41) is 12.3. The maximum absolute atomic E-state index is 12.4. The molecule has 2 heterocycles.